The molecule has 2 aliphatic rings. The molecule has 0 radical (unpaired) electrons. The van der Waals surface area contributed by atoms with Gasteiger partial charge < -0.3 is 5.73 Å². The Morgan fingerprint density at radius 3 is 2.29 bits per heavy atom. The molecule has 4 nitrogen and oxygen atoms in total. The van der Waals surface area contributed by atoms with Crippen LogP contribution in [0.3, 0.4) is 0 Å². The lowest BCUT2D eigenvalue weighted by atomic mass is 9.87. The Hall–Kier alpha value is -1.06. The molecule has 1 heterocycles. The van der Waals surface area contributed by atoms with E-state index in [4.69, 9.17) is 5.73 Å². The van der Waals surface area contributed by atoms with Crippen molar-refractivity contribution in [2.24, 2.45) is 0 Å². The Labute approximate surface area is 103 Å². The van der Waals surface area contributed by atoms with Crippen LogP contribution in [0, 0.1) is 0 Å². The van der Waals surface area contributed by atoms with Crippen LogP contribution in [-0.4, -0.2) is 15.0 Å². The van der Waals surface area contributed by atoms with Crippen molar-refractivity contribution < 1.29 is 0 Å². The zero-order valence-electron chi connectivity index (χ0n) is 10.4. The highest BCUT2D eigenvalue weighted by Crippen LogP contribution is 2.37. The maximum atomic E-state index is 6.25. The summed E-state index contributed by atoms with van der Waals surface area (Å²) in [7, 11) is 0. The van der Waals surface area contributed by atoms with Gasteiger partial charge in [0.15, 0.2) is 0 Å². The predicted molar refractivity (Wildman–Crippen MR) is 67.8 cm³/mol. The van der Waals surface area contributed by atoms with E-state index in [1.165, 1.54) is 57.8 Å². The molecule has 0 aliphatic heterocycles. The van der Waals surface area contributed by atoms with Gasteiger partial charge in [0, 0.05) is 5.92 Å². The smallest absolute Gasteiger partial charge is 0.146 e. The van der Waals surface area contributed by atoms with Crippen LogP contribution in [0.2, 0.25) is 0 Å². The third-order valence-electron chi connectivity index (χ3n) is 4.42. The number of nitrogen functional groups attached to an aromatic ring is 1. The first-order valence-corrected chi connectivity index (χ1v) is 7.07. The average Bonchev–Trinajstić information content (AvgIpc) is 2.99. The molecule has 17 heavy (non-hydrogen) atoms. The molecule has 1 aromatic rings. The Bertz CT molecular complexity index is 373. The van der Waals surface area contributed by atoms with Crippen LogP contribution in [0.25, 0.3) is 0 Å². The fourth-order valence-electron chi connectivity index (χ4n) is 3.40. The van der Waals surface area contributed by atoms with Crippen molar-refractivity contribution in [3.63, 3.8) is 0 Å². The van der Waals surface area contributed by atoms with Crippen molar-refractivity contribution in [1.82, 2.24) is 15.0 Å². The molecule has 1 aromatic heterocycles. The normalized spacial score (nSPS) is 23.3. The molecule has 2 saturated carbocycles. The Morgan fingerprint density at radius 2 is 1.59 bits per heavy atom. The third-order valence-corrected chi connectivity index (χ3v) is 4.42. The van der Waals surface area contributed by atoms with Crippen LogP contribution < -0.4 is 5.73 Å². The second-order valence-electron chi connectivity index (χ2n) is 5.58. The van der Waals surface area contributed by atoms with Crippen LogP contribution in [0.5, 0.6) is 0 Å². The Balaban J connectivity index is 1.80. The summed E-state index contributed by atoms with van der Waals surface area (Å²) in [6, 6.07) is 0.514. The standard InChI is InChI=1S/C13H22N4/c14-13-12(10-6-2-1-3-7-10)15-16-17(13)11-8-4-5-9-11/h10-11H,1-9,14H2. The van der Waals surface area contributed by atoms with Gasteiger partial charge in [0.25, 0.3) is 0 Å². The molecule has 3 rings (SSSR count). The number of hydrogen-bond acceptors (Lipinski definition) is 3. The first-order valence-electron chi connectivity index (χ1n) is 7.07. The second-order valence-corrected chi connectivity index (χ2v) is 5.58. The average molecular weight is 234 g/mol. The van der Waals surface area contributed by atoms with Crippen molar-refractivity contribution >= 4 is 5.82 Å². The zero-order chi connectivity index (χ0) is 11.7. The number of aromatic nitrogens is 3. The molecule has 0 bridgehead atoms. The topological polar surface area (TPSA) is 56.7 Å². The largest absolute Gasteiger partial charge is 0.382 e. The van der Waals surface area contributed by atoms with Gasteiger partial charge in [0.05, 0.1) is 6.04 Å². The first kappa shape index (κ1) is 11.1. The van der Waals surface area contributed by atoms with Crippen LogP contribution in [0.1, 0.15) is 75.4 Å². The molecule has 0 aromatic carbocycles. The van der Waals surface area contributed by atoms with Gasteiger partial charge in [-0.05, 0) is 25.7 Å². The minimum Gasteiger partial charge on any atom is -0.382 e. The van der Waals surface area contributed by atoms with E-state index < -0.39 is 0 Å². The van der Waals surface area contributed by atoms with Crippen molar-refractivity contribution in [1.29, 1.82) is 0 Å². The number of anilines is 1. The van der Waals surface area contributed by atoms with Gasteiger partial charge in [-0.3, -0.25) is 0 Å². The van der Waals surface area contributed by atoms with Crippen LogP contribution >= 0.6 is 0 Å². The SMILES string of the molecule is Nc1c(C2CCCCC2)nnn1C1CCCC1. The summed E-state index contributed by atoms with van der Waals surface area (Å²) >= 11 is 0. The van der Waals surface area contributed by atoms with Gasteiger partial charge in [-0.1, -0.05) is 37.3 Å². The molecule has 94 valence electrons. The van der Waals surface area contributed by atoms with E-state index in [1.54, 1.807) is 0 Å². The van der Waals surface area contributed by atoms with E-state index in [0.29, 0.717) is 12.0 Å². The lowest BCUT2D eigenvalue weighted by Gasteiger charge is -2.20. The lowest BCUT2D eigenvalue weighted by Crippen LogP contribution is -2.12. The fraction of sp³-hybridized carbons (Fsp3) is 0.846. The third kappa shape index (κ3) is 2.05. The minimum atomic E-state index is 0.514. The van der Waals surface area contributed by atoms with E-state index in [9.17, 15) is 0 Å². The molecule has 2 N–H and O–H groups in total. The van der Waals surface area contributed by atoms with Gasteiger partial charge in [0.1, 0.15) is 11.5 Å². The highest BCUT2D eigenvalue weighted by Gasteiger charge is 2.26. The maximum absolute atomic E-state index is 6.25. The van der Waals surface area contributed by atoms with Crippen LogP contribution in [0.4, 0.5) is 5.82 Å². The predicted octanol–water partition coefficient (Wildman–Crippen LogP) is 3.02. The van der Waals surface area contributed by atoms with E-state index in [2.05, 4.69) is 10.3 Å². The monoisotopic (exact) mass is 234 g/mol. The van der Waals surface area contributed by atoms with Gasteiger partial charge in [-0.15, -0.1) is 5.10 Å². The summed E-state index contributed by atoms with van der Waals surface area (Å²) in [5.74, 6) is 1.42. The molecule has 0 atom stereocenters. The summed E-state index contributed by atoms with van der Waals surface area (Å²) in [5, 5.41) is 8.69. The molecule has 2 fully saturated rings. The number of rotatable bonds is 2. The Kier molecular flexibility index (Phi) is 3.04. The quantitative estimate of drug-likeness (QED) is 0.855. The second kappa shape index (κ2) is 4.67. The number of hydrogen-bond donors (Lipinski definition) is 1. The molecule has 2 aliphatic carbocycles. The molecular weight excluding hydrogens is 212 g/mol. The molecular formula is C13H22N4. The van der Waals surface area contributed by atoms with Crippen LogP contribution in [-0.2, 0) is 0 Å². The number of nitrogens with zero attached hydrogens (tertiary/aromatic N) is 3. The van der Waals surface area contributed by atoms with E-state index in [1.807, 2.05) is 4.68 Å². The summed E-state index contributed by atoms with van der Waals surface area (Å²) in [4.78, 5) is 0. The van der Waals surface area contributed by atoms with Crippen molar-refractivity contribution in [3.8, 4) is 0 Å². The van der Waals surface area contributed by atoms with Gasteiger partial charge in [0.2, 0.25) is 0 Å². The molecule has 4 heteroatoms. The highest BCUT2D eigenvalue weighted by atomic mass is 15.5. The van der Waals surface area contributed by atoms with Crippen LogP contribution in [0.15, 0.2) is 0 Å². The van der Waals surface area contributed by atoms with Gasteiger partial charge >= 0.3 is 0 Å². The van der Waals surface area contributed by atoms with Gasteiger partial charge in [-0.25, -0.2) is 4.68 Å². The minimum absolute atomic E-state index is 0.514. The zero-order valence-corrected chi connectivity index (χ0v) is 10.4. The van der Waals surface area contributed by atoms with E-state index in [0.717, 1.165) is 11.5 Å². The molecule has 0 unspecified atom stereocenters. The summed E-state index contributed by atoms with van der Waals surface area (Å²) < 4.78 is 2.00. The lowest BCUT2D eigenvalue weighted by molar-refractivity contribution is 0.437. The van der Waals surface area contributed by atoms with Crippen molar-refractivity contribution in [2.75, 3.05) is 5.73 Å². The molecule has 0 amide bonds. The Morgan fingerprint density at radius 1 is 0.941 bits per heavy atom. The van der Waals surface area contributed by atoms with E-state index >= 15 is 0 Å². The summed E-state index contributed by atoms with van der Waals surface area (Å²) in [6.07, 6.45) is 11.6. The maximum Gasteiger partial charge on any atom is 0.146 e. The summed E-state index contributed by atoms with van der Waals surface area (Å²) in [6.45, 7) is 0. The first-order chi connectivity index (χ1) is 8.36. The molecule has 0 spiro atoms. The highest BCUT2D eigenvalue weighted by molar-refractivity contribution is 5.37. The van der Waals surface area contributed by atoms with Crippen molar-refractivity contribution in [2.45, 2.75) is 69.7 Å². The van der Waals surface area contributed by atoms with Gasteiger partial charge in [-0.2, -0.15) is 0 Å². The van der Waals surface area contributed by atoms with Crippen molar-refractivity contribution in [3.05, 3.63) is 5.69 Å². The fourth-order valence-corrected chi connectivity index (χ4v) is 3.40. The number of nitrogens with two attached hydrogens (primary N) is 1. The summed E-state index contributed by atoms with van der Waals surface area (Å²) in [5.41, 5.74) is 7.33. The molecule has 0 saturated heterocycles. The van der Waals surface area contributed by atoms with E-state index in [-0.39, 0.29) is 0 Å².